The molecule has 0 saturated carbocycles. The summed E-state index contributed by atoms with van der Waals surface area (Å²) in [5, 5.41) is 4.70. The van der Waals surface area contributed by atoms with Crippen molar-refractivity contribution in [1.82, 2.24) is 23.8 Å². The molecular weight excluding hydrogens is 402 g/mol. The van der Waals surface area contributed by atoms with Gasteiger partial charge in [-0.3, -0.25) is 9.36 Å². The van der Waals surface area contributed by atoms with Crippen molar-refractivity contribution >= 4 is 16.6 Å². The van der Waals surface area contributed by atoms with Crippen LogP contribution in [0.15, 0.2) is 72.0 Å². The molecule has 0 bridgehead atoms. The summed E-state index contributed by atoms with van der Waals surface area (Å²) in [6.07, 6.45) is 8.45. The summed E-state index contributed by atoms with van der Waals surface area (Å²) in [7, 11) is 2.11. The van der Waals surface area contributed by atoms with Gasteiger partial charge in [-0.15, -0.1) is 0 Å². The van der Waals surface area contributed by atoms with E-state index in [1.807, 2.05) is 41.1 Å². The van der Waals surface area contributed by atoms with Gasteiger partial charge >= 0.3 is 0 Å². The number of aryl methyl sites for hydroxylation is 1. The smallest absolute Gasteiger partial charge is 0.258 e. The molecule has 1 N–H and O–H groups in total. The molecule has 1 aromatic carbocycles. The molecule has 0 unspecified atom stereocenters. The molecule has 160 valence electrons. The molecule has 5 heterocycles. The average Bonchev–Trinajstić information content (AvgIpc) is 3.40. The van der Waals surface area contributed by atoms with Crippen LogP contribution >= 0.6 is 0 Å². The summed E-state index contributed by atoms with van der Waals surface area (Å²) in [5.41, 5.74) is 6.53. The first-order chi connectivity index (χ1) is 15.7. The standard InChI is InChI=1S/C25H23N5O2/c1-28-22-6-8-26-14-21(22)20-4-3-18(12-23(20)28)30-10-7-19(13-25(30)31)32-16-17-2-5-24-27-9-11-29(24)15-17/h2-5,7,9-13,15,26H,6,8,14,16H2,1H3. The summed E-state index contributed by atoms with van der Waals surface area (Å²) in [5.74, 6) is 0.554. The lowest BCUT2D eigenvalue weighted by Gasteiger charge is -2.14. The molecule has 0 atom stereocenters. The maximum absolute atomic E-state index is 12.9. The summed E-state index contributed by atoms with van der Waals surface area (Å²) < 4.78 is 11.7. The largest absolute Gasteiger partial charge is 0.489 e. The normalized spacial score (nSPS) is 13.5. The molecule has 1 aliphatic rings. The molecule has 0 fully saturated rings. The zero-order valence-corrected chi connectivity index (χ0v) is 17.8. The lowest BCUT2D eigenvalue weighted by atomic mass is 10.1. The Bertz CT molecular complexity index is 1520. The van der Waals surface area contributed by atoms with E-state index < -0.39 is 0 Å². The second kappa shape index (κ2) is 7.39. The number of nitrogens with one attached hydrogen (secondary N) is 1. The van der Waals surface area contributed by atoms with Crippen LogP contribution in [0.2, 0.25) is 0 Å². The van der Waals surface area contributed by atoms with Gasteiger partial charge in [-0.1, -0.05) is 12.1 Å². The Hall–Kier alpha value is -3.84. The van der Waals surface area contributed by atoms with Crippen molar-refractivity contribution in [3.8, 4) is 11.4 Å². The Labute approximate surface area is 184 Å². The molecule has 6 rings (SSSR count). The Kier molecular flexibility index (Phi) is 4.36. The van der Waals surface area contributed by atoms with Gasteiger partial charge in [-0.25, -0.2) is 4.98 Å². The van der Waals surface area contributed by atoms with Crippen molar-refractivity contribution < 1.29 is 4.74 Å². The number of pyridine rings is 2. The SMILES string of the molecule is Cn1c2c(c3ccc(-n4ccc(OCc5ccc6nccn6c5)cc4=O)cc31)CNCC2. The number of nitrogens with zero attached hydrogens (tertiary/aromatic N) is 4. The van der Waals surface area contributed by atoms with Gasteiger partial charge < -0.3 is 19.0 Å². The molecule has 0 radical (unpaired) electrons. The first kappa shape index (κ1) is 18.9. The number of imidazole rings is 1. The highest BCUT2D eigenvalue weighted by atomic mass is 16.5. The maximum atomic E-state index is 12.9. The first-order valence-corrected chi connectivity index (χ1v) is 10.8. The molecular formula is C25H23N5O2. The van der Waals surface area contributed by atoms with Gasteiger partial charge in [0, 0.05) is 74.1 Å². The fourth-order valence-corrected chi connectivity index (χ4v) is 4.62. The minimum Gasteiger partial charge on any atom is -0.489 e. The molecule has 0 amide bonds. The number of rotatable bonds is 4. The van der Waals surface area contributed by atoms with E-state index in [0.717, 1.165) is 41.9 Å². The zero-order valence-electron chi connectivity index (χ0n) is 17.8. The van der Waals surface area contributed by atoms with Crippen molar-refractivity contribution in [3.05, 3.63) is 94.4 Å². The van der Waals surface area contributed by atoms with Gasteiger partial charge in [-0.2, -0.15) is 0 Å². The van der Waals surface area contributed by atoms with E-state index in [2.05, 4.69) is 34.0 Å². The Balaban J connectivity index is 1.27. The molecule has 4 aromatic heterocycles. The average molecular weight is 425 g/mol. The molecule has 32 heavy (non-hydrogen) atoms. The third-order valence-electron chi connectivity index (χ3n) is 6.29. The predicted molar refractivity (Wildman–Crippen MR) is 123 cm³/mol. The number of ether oxygens (including phenoxy) is 1. The van der Waals surface area contributed by atoms with E-state index in [1.165, 1.54) is 16.6 Å². The van der Waals surface area contributed by atoms with Crippen molar-refractivity contribution in [2.75, 3.05) is 6.54 Å². The maximum Gasteiger partial charge on any atom is 0.258 e. The number of hydrogen-bond donors (Lipinski definition) is 1. The van der Waals surface area contributed by atoms with E-state index in [4.69, 9.17) is 4.74 Å². The lowest BCUT2D eigenvalue weighted by Crippen LogP contribution is -2.24. The van der Waals surface area contributed by atoms with Gasteiger partial charge in [-0.05, 0) is 29.8 Å². The van der Waals surface area contributed by atoms with Gasteiger partial charge in [0.2, 0.25) is 0 Å². The van der Waals surface area contributed by atoms with Crippen molar-refractivity contribution in [2.45, 2.75) is 19.6 Å². The quantitative estimate of drug-likeness (QED) is 0.480. The van der Waals surface area contributed by atoms with Gasteiger partial charge in [0.05, 0.1) is 11.2 Å². The van der Waals surface area contributed by atoms with Crippen LogP contribution in [0.1, 0.15) is 16.8 Å². The first-order valence-electron chi connectivity index (χ1n) is 10.8. The number of fused-ring (bicyclic) bond motifs is 4. The number of hydrogen-bond acceptors (Lipinski definition) is 4. The lowest BCUT2D eigenvalue weighted by molar-refractivity contribution is 0.304. The van der Waals surface area contributed by atoms with Crippen LogP contribution in [0.5, 0.6) is 5.75 Å². The number of aromatic nitrogens is 4. The number of benzene rings is 1. The minimum absolute atomic E-state index is 0.118. The molecule has 5 aromatic rings. The van der Waals surface area contributed by atoms with Crippen LogP contribution in [-0.2, 0) is 26.6 Å². The minimum atomic E-state index is -0.118. The Morgan fingerprint density at radius 3 is 2.97 bits per heavy atom. The summed E-state index contributed by atoms with van der Waals surface area (Å²) >= 11 is 0. The third kappa shape index (κ3) is 3.09. The molecule has 7 nitrogen and oxygen atoms in total. The van der Waals surface area contributed by atoms with Gasteiger partial charge in [0.25, 0.3) is 5.56 Å². The zero-order chi connectivity index (χ0) is 21.7. The predicted octanol–water partition coefficient (Wildman–Crippen LogP) is 3.20. The van der Waals surface area contributed by atoms with Crippen LogP contribution in [0.4, 0.5) is 0 Å². The Morgan fingerprint density at radius 2 is 2.06 bits per heavy atom. The van der Waals surface area contributed by atoms with Crippen LogP contribution in [0, 0.1) is 0 Å². The van der Waals surface area contributed by atoms with Crippen molar-refractivity contribution in [3.63, 3.8) is 0 Å². The molecule has 0 saturated heterocycles. The van der Waals surface area contributed by atoms with E-state index >= 15 is 0 Å². The van der Waals surface area contributed by atoms with Crippen LogP contribution < -0.4 is 15.6 Å². The summed E-state index contributed by atoms with van der Waals surface area (Å²) in [6.45, 7) is 2.28. The van der Waals surface area contributed by atoms with Crippen LogP contribution in [-0.4, -0.2) is 25.1 Å². The fraction of sp³-hybridized carbons (Fsp3) is 0.200. The van der Waals surface area contributed by atoms with E-state index in [9.17, 15) is 4.79 Å². The van der Waals surface area contributed by atoms with Crippen molar-refractivity contribution in [2.24, 2.45) is 7.05 Å². The summed E-state index contributed by atoms with van der Waals surface area (Å²) in [4.78, 5) is 17.1. The molecule has 7 heteroatoms. The fourth-order valence-electron chi connectivity index (χ4n) is 4.62. The molecule has 1 aliphatic heterocycles. The van der Waals surface area contributed by atoms with E-state index in [-0.39, 0.29) is 5.56 Å². The monoisotopic (exact) mass is 425 g/mol. The highest BCUT2D eigenvalue weighted by molar-refractivity contribution is 5.87. The molecule has 0 spiro atoms. The van der Waals surface area contributed by atoms with Crippen LogP contribution in [0.25, 0.3) is 22.2 Å². The highest BCUT2D eigenvalue weighted by Gasteiger charge is 2.18. The summed E-state index contributed by atoms with van der Waals surface area (Å²) in [6, 6.07) is 13.5. The van der Waals surface area contributed by atoms with Crippen LogP contribution in [0.3, 0.4) is 0 Å². The van der Waals surface area contributed by atoms with Gasteiger partial charge in [0.1, 0.15) is 18.0 Å². The topological polar surface area (TPSA) is 65.5 Å². The molecule has 0 aliphatic carbocycles. The van der Waals surface area contributed by atoms with E-state index in [1.54, 1.807) is 23.0 Å². The second-order valence-corrected chi connectivity index (χ2v) is 8.20. The van der Waals surface area contributed by atoms with E-state index in [0.29, 0.717) is 12.4 Å². The highest BCUT2D eigenvalue weighted by Crippen LogP contribution is 2.29. The second-order valence-electron chi connectivity index (χ2n) is 8.20. The Morgan fingerprint density at radius 1 is 1.12 bits per heavy atom. The third-order valence-corrected chi connectivity index (χ3v) is 6.29. The van der Waals surface area contributed by atoms with Gasteiger partial charge in [0.15, 0.2) is 0 Å². The van der Waals surface area contributed by atoms with Crippen molar-refractivity contribution in [1.29, 1.82) is 0 Å².